The van der Waals surface area contributed by atoms with Gasteiger partial charge in [0.25, 0.3) is 5.91 Å². The van der Waals surface area contributed by atoms with Gasteiger partial charge in [-0.1, -0.05) is 19.9 Å². The van der Waals surface area contributed by atoms with Gasteiger partial charge in [-0.2, -0.15) is 11.8 Å². The number of imide groups is 1. The van der Waals surface area contributed by atoms with Crippen molar-refractivity contribution in [2.45, 2.75) is 66.4 Å². The lowest BCUT2D eigenvalue weighted by atomic mass is 10.1. The number of hydrogen-bond donors (Lipinski definition) is 1. The third kappa shape index (κ3) is 18.0. The van der Waals surface area contributed by atoms with Crippen LogP contribution < -0.4 is 4.74 Å². The molecule has 0 atom stereocenters. The minimum Gasteiger partial charge on any atom is -0.409 e. The molecule has 0 aromatic heterocycles. The Morgan fingerprint density at radius 2 is 1.43 bits per heavy atom. The Bertz CT molecular complexity index is 1060. The summed E-state index contributed by atoms with van der Waals surface area (Å²) < 4.78 is 22.3. The molecule has 0 aliphatic rings. The number of Topliss-reactive ketones (excluding diaryl/α,β-unsaturated/α-hetero) is 1. The first-order chi connectivity index (χ1) is 22.7. The van der Waals surface area contributed by atoms with E-state index in [1.165, 1.54) is 19.1 Å². The fraction of sp³-hybridized carbons (Fsp3) is 0.706. The third-order valence-electron chi connectivity index (χ3n) is 7.49. The summed E-state index contributed by atoms with van der Waals surface area (Å²) in [6.45, 7) is 12.9. The second-order valence-electron chi connectivity index (χ2n) is 10.9. The lowest BCUT2D eigenvalue weighted by Crippen LogP contribution is -2.40. The van der Waals surface area contributed by atoms with Gasteiger partial charge in [0.15, 0.2) is 0 Å². The molecule has 0 saturated heterocycles. The van der Waals surface area contributed by atoms with Crippen molar-refractivity contribution in [3.05, 3.63) is 29.3 Å². The van der Waals surface area contributed by atoms with Crippen molar-refractivity contribution in [3.8, 4) is 5.75 Å². The Balaban J connectivity index is 2.50. The summed E-state index contributed by atoms with van der Waals surface area (Å²) in [5, 5.41) is 9.68. The standard InChI is InChI=1S/C34H57N3O9S/c1-6-35(7-2)17-18-36(8-3)34(42)46-32-14-13-29(27-38)26-31(32)33(41)37(28(4)39)16-11-20-44-22-24-45-23-21-43-19-10-9-12-30(40)15-25-47-5/h13-14,26,38H,6-12,15-25,27H2,1-5H3. The molecule has 12 nitrogen and oxygen atoms in total. The van der Waals surface area contributed by atoms with Gasteiger partial charge in [0.05, 0.1) is 38.6 Å². The van der Waals surface area contributed by atoms with Crippen molar-refractivity contribution in [1.29, 1.82) is 0 Å². The van der Waals surface area contributed by atoms with E-state index in [0.717, 1.165) is 36.6 Å². The molecule has 1 rings (SSSR count). The quantitative estimate of drug-likeness (QED) is 0.133. The van der Waals surface area contributed by atoms with E-state index >= 15 is 0 Å². The number of amides is 3. The average molecular weight is 684 g/mol. The topological polar surface area (TPSA) is 135 Å². The predicted octanol–water partition coefficient (Wildman–Crippen LogP) is 4.26. The largest absolute Gasteiger partial charge is 0.415 e. The van der Waals surface area contributed by atoms with E-state index in [1.807, 2.05) is 13.2 Å². The Hall–Kier alpha value is -2.55. The van der Waals surface area contributed by atoms with E-state index in [9.17, 15) is 24.3 Å². The molecule has 1 N–H and O–H groups in total. The van der Waals surface area contributed by atoms with Gasteiger partial charge in [-0.15, -0.1) is 0 Å². The summed E-state index contributed by atoms with van der Waals surface area (Å²) in [4.78, 5) is 55.5. The highest BCUT2D eigenvalue weighted by atomic mass is 32.2. The van der Waals surface area contributed by atoms with Gasteiger partial charge in [-0.3, -0.25) is 19.3 Å². The van der Waals surface area contributed by atoms with Crippen molar-refractivity contribution >= 4 is 35.5 Å². The summed E-state index contributed by atoms with van der Waals surface area (Å²) in [5.41, 5.74) is 0.476. The van der Waals surface area contributed by atoms with Crippen LogP contribution in [0, 0.1) is 0 Å². The molecule has 0 spiro atoms. The van der Waals surface area contributed by atoms with Gasteiger partial charge in [0.2, 0.25) is 5.91 Å². The van der Waals surface area contributed by atoms with Crippen LogP contribution in [-0.2, 0) is 30.4 Å². The van der Waals surface area contributed by atoms with Crippen LogP contribution in [0.4, 0.5) is 4.79 Å². The molecular formula is C34H57N3O9S. The number of thioether (sulfide) groups is 1. The number of nitrogens with zero attached hydrogens (tertiary/aromatic N) is 3. The van der Waals surface area contributed by atoms with E-state index in [0.29, 0.717) is 89.9 Å². The van der Waals surface area contributed by atoms with Crippen molar-refractivity contribution < 1.29 is 43.2 Å². The number of hydrogen-bond acceptors (Lipinski definition) is 11. The second-order valence-corrected chi connectivity index (χ2v) is 11.9. The Kier molecular flexibility index (Phi) is 23.9. The molecule has 3 amide bonds. The molecular weight excluding hydrogens is 626 g/mol. The van der Waals surface area contributed by atoms with Crippen LogP contribution in [0.25, 0.3) is 0 Å². The van der Waals surface area contributed by atoms with E-state index < -0.39 is 17.9 Å². The molecule has 0 fully saturated rings. The number of unbranched alkanes of at least 4 members (excludes halogenated alkanes) is 1. The van der Waals surface area contributed by atoms with Crippen LogP contribution in [0.2, 0.25) is 0 Å². The SMILES string of the molecule is CCN(CC)CCN(CC)C(=O)Oc1ccc(CO)cc1C(=O)N(CCCOCCOCCOCCCCC(=O)CCSC)C(C)=O. The maximum absolute atomic E-state index is 13.5. The van der Waals surface area contributed by atoms with Crippen LogP contribution in [-0.4, -0.2) is 134 Å². The van der Waals surface area contributed by atoms with Crippen molar-refractivity contribution in [1.82, 2.24) is 14.7 Å². The molecule has 13 heteroatoms. The highest BCUT2D eigenvalue weighted by molar-refractivity contribution is 7.98. The first-order valence-corrected chi connectivity index (χ1v) is 18.1. The van der Waals surface area contributed by atoms with Gasteiger partial charge < -0.3 is 33.9 Å². The fourth-order valence-corrected chi connectivity index (χ4v) is 4.98. The van der Waals surface area contributed by atoms with Crippen LogP contribution in [0.5, 0.6) is 5.75 Å². The first-order valence-electron chi connectivity index (χ1n) is 16.7. The lowest BCUT2D eigenvalue weighted by molar-refractivity contribution is -0.126. The number of likely N-dealkylation sites (N-methyl/N-ethyl adjacent to an activating group) is 2. The Labute approximate surface area is 285 Å². The van der Waals surface area contributed by atoms with E-state index in [-0.39, 0.29) is 24.5 Å². The minimum atomic E-state index is -0.618. The number of rotatable bonds is 27. The summed E-state index contributed by atoms with van der Waals surface area (Å²) in [6, 6.07) is 4.49. The molecule has 0 heterocycles. The summed E-state index contributed by atoms with van der Waals surface area (Å²) in [6.07, 6.45) is 4.75. The molecule has 0 saturated carbocycles. The molecule has 0 aliphatic heterocycles. The van der Waals surface area contributed by atoms with Gasteiger partial charge in [-0.05, 0) is 69.0 Å². The molecule has 47 heavy (non-hydrogen) atoms. The van der Waals surface area contributed by atoms with Crippen molar-refractivity contribution in [2.75, 3.05) is 90.9 Å². The molecule has 1 aromatic carbocycles. The number of aliphatic hydroxyl groups is 1. The number of benzene rings is 1. The van der Waals surface area contributed by atoms with Crippen molar-refractivity contribution in [3.63, 3.8) is 0 Å². The molecule has 0 unspecified atom stereocenters. The highest BCUT2D eigenvalue weighted by Crippen LogP contribution is 2.24. The maximum atomic E-state index is 13.5. The summed E-state index contributed by atoms with van der Waals surface area (Å²) >= 11 is 1.68. The molecule has 0 bridgehead atoms. The lowest BCUT2D eigenvalue weighted by Gasteiger charge is -2.25. The van der Waals surface area contributed by atoms with E-state index in [1.54, 1.807) is 22.7 Å². The second kappa shape index (κ2) is 26.4. The smallest absolute Gasteiger partial charge is 0.409 e. The number of ether oxygens (including phenoxy) is 4. The Morgan fingerprint density at radius 1 is 0.787 bits per heavy atom. The minimum absolute atomic E-state index is 0.0241. The summed E-state index contributed by atoms with van der Waals surface area (Å²) in [5.74, 6) is 0.141. The van der Waals surface area contributed by atoms with E-state index in [4.69, 9.17) is 18.9 Å². The fourth-order valence-electron chi connectivity index (χ4n) is 4.55. The van der Waals surface area contributed by atoms with Crippen LogP contribution in [0.1, 0.15) is 75.7 Å². The number of aliphatic hydroxyl groups excluding tert-OH is 1. The monoisotopic (exact) mass is 683 g/mol. The molecule has 0 aliphatic carbocycles. The normalized spacial score (nSPS) is 11.1. The van der Waals surface area contributed by atoms with E-state index in [2.05, 4.69) is 18.7 Å². The van der Waals surface area contributed by atoms with Crippen LogP contribution in [0.3, 0.4) is 0 Å². The number of carbonyl (C=O) groups is 4. The first kappa shape index (κ1) is 42.5. The molecule has 1 aromatic rings. The van der Waals surface area contributed by atoms with Crippen molar-refractivity contribution in [2.24, 2.45) is 0 Å². The highest BCUT2D eigenvalue weighted by Gasteiger charge is 2.25. The Morgan fingerprint density at radius 3 is 2.00 bits per heavy atom. The van der Waals surface area contributed by atoms with Gasteiger partial charge in [0, 0.05) is 59.2 Å². The zero-order valence-corrected chi connectivity index (χ0v) is 29.9. The van der Waals surface area contributed by atoms with Crippen LogP contribution in [0.15, 0.2) is 18.2 Å². The van der Waals surface area contributed by atoms with Gasteiger partial charge in [-0.25, -0.2) is 4.79 Å². The number of carbonyl (C=O) groups excluding carboxylic acids is 4. The zero-order valence-electron chi connectivity index (χ0n) is 29.1. The number of ketones is 1. The van der Waals surface area contributed by atoms with Crippen LogP contribution >= 0.6 is 11.8 Å². The average Bonchev–Trinajstić information content (AvgIpc) is 3.07. The maximum Gasteiger partial charge on any atom is 0.415 e. The molecule has 268 valence electrons. The zero-order chi connectivity index (χ0) is 34.9. The van der Waals surface area contributed by atoms with Gasteiger partial charge in [0.1, 0.15) is 11.5 Å². The predicted molar refractivity (Wildman–Crippen MR) is 184 cm³/mol. The molecule has 0 radical (unpaired) electrons. The third-order valence-corrected chi connectivity index (χ3v) is 8.11. The summed E-state index contributed by atoms with van der Waals surface area (Å²) in [7, 11) is 0. The van der Waals surface area contributed by atoms with Gasteiger partial charge >= 0.3 is 6.09 Å².